The van der Waals surface area contributed by atoms with E-state index < -0.39 is 0 Å². The molecule has 1 aromatic heterocycles. The van der Waals surface area contributed by atoms with E-state index in [-0.39, 0.29) is 44.6 Å². The molecule has 0 atom stereocenters. The zero-order valence-electron chi connectivity index (χ0n) is 51.4. The summed E-state index contributed by atoms with van der Waals surface area (Å²) in [6.45, 7) is 46.7. The van der Waals surface area contributed by atoms with Crippen LogP contribution in [0.1, 0.15) is 183 Å². The van der Waals surface area contributed by atoms with E-state index in [0.29, 0.717) is 0 Å². The number of nitrogens with zero attached hydrogens (tertiary/aromatic N) is 3. The smallest absolute Gasteiger partial charge is 0.297 e. The molecule has 0 saturated carbocycles. The summed E-state index contributed by atoms with van der Waals surface area (Å²) in [5.74, 6) is 1.04. The molecule has 7 aromatic carbocycles. The molecular weight excluding hydrogens is 958 g/mol. The highest BCUT2D eigenvalue weighted by atomic mass is 16.3. The Bertz CT molecular complexity index is 3590. The highest BCUT2D eigenvalue weighted by Gasteiger charge is 2.53. The maximum Gasteiger partial charge on any atom is 0.297 e. The summed E-state index contributed by atoms with van der Waals surface area (Å²) in [6.07, 6.45) is 0.874. The molecule has 0 bridgehead atoms. The van der Waals surface area contributed by atoms with Gasteiger partial charge in [-0.05, 0) is 175 Å². The van der Waals surface area contributed by atoms with Crippen LogP contribution in [0.25, 0.3) is 11.1 Å². The summed E-state index contributed by atoms with van der Waals surface area (Å²) in [7, 11) is 0. The van der Waals surface area contributed by atoms with E-state index >= 15 is 0 Å². The number of benzene rings is 7. The van der Waals surface area contributed by atoms with Gasteiger partial charge < -0.3 is 19.1 Å². The van der Waals surface area contributed by atoms with Crippen molar-refractivity contribution in [2.45, 2.75) is 177 Å². The van der Waals surface area contributed by atoms with E-state index in [0.717, 1.165) is 63.3 Å². The predicted molar refractivity (Wildman–Crippen MR) is 342 cm³/mol. The topological polar surface area (TPSA) is 22.9 Å². The molecule has 2 aliphatic heterocycles. The van der Waals surface area contributed by atoms with Gasteiger partial charge in [0, 0.05) is 50.8 Å². The second kappa shape index (κ2) is 18.2. The van der Waals surface area contributed by atoms with E-state index in [1.54, 1.807) is 0 Å². The first-order valence-corrected chi connectivity index (χ1v) is 29.3. The molecule has 0 fully saturated rings. The molecule has 0 unspecified atom stereocenters. The number of hydrogen-bond donors (Lipinski definition) is 0. The van der Waals surface area contributed by atoms with E-state index in [4.69, 9.17) is 4.42 Å². The molecule has 8 aromatic rings. The Morgan fingerprint density at radius 2 is 0.924 bits per heavy atom. The Morgan fingerprint density at radius 1 is 0.481 bits per heavy atom. The monoisotopic (exact) mass is 1040 g/mol. The van der Waals surface area contributed by atoms with Crippen LogP contribution in [0.3, 0.4) is 0 Å². The average Bonchev–Trinajstić information content (AvgIpc) is 4.13. The number of hydrogen-bond acceptors (Lipinski definition) is 4. The van der Waals surface area contributed by atoms with Crippen LogP contribution in [-0.4, -0.2) is 6.71 Å². The minimum Gasteiger partial charge on any atom is -0.471 e. The fourth-order valence-corrected chi connectivity index (χ4v) is 13.0. The summed E-state index contributed by atoms with van der Waals surface area (Å²) in [5.41, 5.74) is 25.0. The average molecular weight is 1040 g/mol. The minimum absolute atomic E-state index is 0.00274. The predicted octanol–water partition coefficient (Wildman–Crippen LogP) is 19.2. The number of anilines is 9. The van der Waals surface area contributed by atoms with Crippen molar-refractivity contribution in [2.75, 3.05) is 14.7 Å². The molecule has 406 valence electrons. The first-order chi connectivity index (χ1) is 36.8. The van der Waals surface area contributed by atoms with E-state index in [2.05, 4.69) is 299 Å². The summed E-state index contributed by atoms with van der Waals surface area (Å²) in [6, 6.07) is 56.5. The summed E-state index contributed by atoms with van der Waals surface area (Å²) < 4.78 is 7.89. The Balaban J connectivity index is 1.32. The van der Waals surface area contributed by atoms with Crippen LogP contribution in [0.15, 0.2) is 150 Å². The third kappa shape index (κ3) is 8.70. The van der Waals surface area contributed by atoms with Gasteiger partial charge in [0.2, 0.25) is 0 Å². The minimum atomic E-state index is -0.373. The zero-order valence-corrected chi connectivity index (χ0v) is 51.4. The van der Waals surface area contributed by atoms with Crippen LogP contribution in [0, 0.1) is 5.41 Å². The maximum absolute atomic E-state index is 7.89. The Morgan fingerprint density at radius 3 is 1.38 bits per heavy atom. The molecular formula is C74H86BN3O. The molecule has 11 rings (SSSR count). The van der Waals surface area contributed by atoms with Gasteiger partial charge in [0.15, 0.2) is 0 Å². The van der Waals surface area contributed by atoms with Crippen molar-refractivity contribution in [3.8, 4) is 11.1 Å². The quantitative estimate of drug-likeness (QED) is 0.148. The Labute approximate surface area is 475 Å². The van der Waals surface area contributed by atoms with Crippen LogP contribution in [0.4, 0.5) is 51.2 Å². The normalized spacial score (nSPS) is 14.9. The second-order valence-electron chi connectivity index (χ2n) is 29.5. The summed E-state index contributed by atoms with van der Waals surface area (Å²) >= 11 is 0. The number of furan rings is 1. The fraction of sp³-hybridized carbons (Fsp3) is 0.378. The van der Waals surface area contributed by atoms with Crippen molar-refractivity contribution in [1.29, 1.82) is 0 Å². The first-order valence-electron chi connectivity index (χ1n) is 29.3. The van der Waals surface area contributed by atoms with Gasteiger partial charge in [-0.1, -0.05) is 203 Å². The van der Waals surface area contributed by atoms with Crippen molar-refractivity contribution in [3.63, 3.8) is 0 Å². The zero-order chi connectivity index (χ0) is 56.9. The largest absolute Gasteiger partial charge is 0.471 e. The van der Waals surface area contributed by atoms with Crippen molar-refractivity contribution in [2.24, 2.45) is 5.41 Å². The molecule has 0 radical (unpaired) electrons. The molecule has 3 heterocycles. The molecule has 3 aliphatic rings. The lowest BCUT2D eigenvalue weighted by Crippen LogP contribution is -2.62. The number of rotatable bonds is 7. The third-order valence-corrected chi connectivity index (χ3v) is 18.7. The van der Waals surface area contributed by atoms with E-state index in [1.165, 1.54) is 66.7 Å². The third-order valence-electron chi connectivity index (χ3n) is 18.7. The van der Waals surface area contributed by atoms with Gasteiger partial charge in [0.1, 0.15) is 5.76 Å². The maximum atomic E-state index is 7.89. The van der Waals surface area contributed by atoms with Gasteiger partial charge in [-0.2, -0.15) is 0 Å². The molecule has 4 nitrogen and oxygen atoms in total. The standard InChI is InChI=1S/C74H86BN3O/c1-21-55-58(74(19,20)72(14,15)16)42-43-59-63(55)75-64-60(77(59)52-38-30-48(31-39-52)70(8,9)10)44-54(76(50-34-26-46(27-35-50)68(2,3)4)51-36-28-47(29-37-51)69(5,6)7)45-61(64)78(53-40-32-49(33-41-53)71(11,12)13)65-62-56-24-22-23-25-57(56)73(17,18)66(62)79-67(65)75/h22-45H,21H2,1-20H3. The van der Waals surface area contributed by atoms with Gasteiger partial charge in [0.25, 0.3) is 6.71 Å². The van der Waals surface area contributed by atoms with Gasteiger partial charge >= 0.3 is 0 Å². The molecule has 0 N–H and O–H groups in total. The molecule has 0 spiro atoms. The number of fused-ring (bicyclic) bond motifs is 8. The molecule has 5 heteroatoms. The van der Waals surface area contributed by atoms with Crippen molar-refractivity contribution in [3.05, 3.63) is 190 Å². The van der Waals surface area contributed by atoms with E-state index in [9.17, 15) is 0 Å². The van der Waals surface area contributed by atoms with Gasteiger partial charge in [-0.3, -0.25) is 0 Å². The van der Waals surface area contributed by atoms with Crippen LogP contribution in [0.5, 0.6) is 0 Å². The van der Waals surface area contributed by atoms with Gasteiger partial charge in [0.05, 0.1) is 17.0 Å². The summed E-state index contributed by atoms with van der Waals surface area (Å²) in [4.78, 5) is 7.71. The lowest BCUT2D eigenvalue weighted by Gasteiger charge is -2.46. The van der Waals surface area contributed by atoms with Crippen molar-refractivity contribution >= 4 is 74.5 Å². The lowest BCUT2D eigenvalue weighted by molar-refractivity contribution is 0.224. The van der Waals surface area contributed by atoms with Crippen LogP contribution in [0.2, 0.25) is 0 Å². The first kappa shape index (κ1) is 54.3. The van der Waals surface area contributed by atoms with Crippen molar-refractivity contribution < 1.29 is 4.42 Å². The fourth-order valence-electron chi connectivity index (χ4n) is 13.0. The van der Waals surface area contributed by atoms with E-state index in [1.807, 2.05) is 0 Å². The highest BCUT2D eigenvalue weighted by Crippen LogP contribution is 2.58. The van der Waals surface area contributed by atoms with Crippen molar-refractivity contribution in [1.82, 2.24) is 0 Å². The second-order valence-corrected chi connectivity index (χ2v) is 29.5. The molecule has 1 aliphatic carbocycles. The van der Waals surface area contributed by atoms with Crippen LogP contribution >= 0.6 is 0 Å². The Kier molecular flexibility index (Phi) is 12.5. The summed E-state index contributed by atoms with van der Waals surface area (Å²) in [5, 5.41) is 0. The van der Waals surface area contributed by atoms with Crippen LogP contribution < -0.4 is 31.3 Å². The molecule has 79 heavy (non-hydrogen) atoms. The molecule has 0 amide bonds. The highest BCUT2D eigenvalue weighted by molar-refractivity contribution is 7.00. The Hall–Kier alpha value is -6.72. The van der Waals surface area contributed by atoms with Crippen LogP contribution in [-0.2, 0) is 38.9 Å². The molecule has 0 saturated heterocycles. The SMILES string of the molecule is CCc1c(C(C)(C)C(C)(C)C)ccc2c1B1c3oc4c(c3N(c3ccc(C(C)(C)C)cc3)c3cc(N(c5ccc(C(C)(C)C)cc5)c5ccc(C(C)(C)C)cc5)cc(c31)N2c1ccc(C(C)(C)C)cc1)-c1ccccc1C4(C)C. The lowest BCUT2D eigenvalue weighted by atomic mass is 9.34. The van der Waals surface area contributed by atoms with Gasteiger partial charge in [-0.25, -0.2) is 0 Å². The van der Waals surface area contributed by atoms with Gasteiger partial charge in [-0.15, -0.1) is 0 Å².